The molecular formula is C17H21NO2S. The minimum atomic E-state index is 0.0471. The van der Waals surface area contributed by atoms with Gasteiger partial charge in [-0.1, -0.05) is 23.5 Å². The highest BCUT2D eigenvalue weighted by Gasteiger charge is 2.19. The van der Waals surface area contributed by atoms with Crippen LogP contribution in [0.15, 0.2) is 18.2 Å². The molecule has 0 spiro atoms. The maximum absolute atomic E-state index is 12.8. The molecule has 112 valence electrons. The topological polar surface area (TPSA) is 40.5 Å². The fraction of sp³-hybridized carbons (Fsp3) is 0.471. The van der Waals surface area contributed by atoms with E-state index in [1.54, 1.807) is 0 Å². The van der Waals surface area contributed by atoms with Crippen molar-refractivity contribution in [3.8, 4) is 11.8 Å². The van der Waals surface area contributed by atoms with Gasteiger partial charge in [-0.25, -0.2) is 0 Å². The molecule has 3 nitrogen and oxygen atoms in total. The van der Waals surface area contributed by atoms with Crippen LogP contribution < -0.4 is 0 Å². The van der Waals surface area contributed by atoms with E-state index in [-0.39, 0.29) is 12.5 Å². The monoisotopic (exact) mass is 303 g/mol. The van der Waals surface area contributed by atoms with Crippen LogP contribution in [0, 0.1) is 18.8 Å². The Kier molecular flexibility index (Phi) is 6.16. The molecule has 21 heavy (non-hydrogen) atoms. The number of rotatable bonds is 2. The van der Waals surface area contributed by atoms with Crippen molar-refractivity contribution in [3.05, 3.63) is 34.9 Å². The van der Waals surface area contributed by atoms with Crippen molar-refractivity contribution >= 4 is 17.7 Å². The minimum absolute atomic E-state index is 0.0471. The van der Waals surface area contributed by atoms with Crippen LogP contribution in [0.2, 0.25) is 0 Å². The predicted octanol–water partition coefficient (Wildman–Crippen LogP) is 2.31. The molecule has 1 aliphatic heterocycles. The molecule has 0 aliphatic carbocycles. The van der Waals surface area contributed by atoms with E-state index < -0.39 is 0 Å². The maximum Gasteiger partial charge on any atom is 0.255 e. The van der Waals surface area contributed by atoms with E-state index in [1.807, 2.05) is 41.8 Å². The number of aryl methyl sites for hydroxylation is 1. The first kappa shape index (κ1) is 15.9. The number of carbonyl (C=O) groups excluding carboxylic acids is 1. The summed E-state index contributed by atoms with van der Waals surface area (Å²) < 4.78 is 0. The summed E-state index contributed by atoms with van der Waals surface area (Å²) in [4.78, 5) is 14.7. The summed E-state index contributed by atoms with van der Waals surface area (Å²) >= 11 is 1.91. The lowest BCUT2D eigenvalue weighted by Gasteiger charge is -2.21. The largest absolute Gasteiger partial charge is 0.395 e. The Morgan fingerprint density at radius 2 is 2.24 bits per heavy atom. The molecule has 0 atom stereocenters. The third-order valence-electron chi connectivity index (χ3n) is 3.37. The molecule has 1 fully saturated rings. The zero-order chi connectivity index (χ0) is 15.1. The van der Waals surface area contributed by atoms with Gasteiger partial charge in [0.2, 0.25) is 0 Å². The smallest absolute Gasteiger partial charge is 0.255 e. The molecule has 0 radical (unpaired) electrons. The number of benzene rings is 1. The quantitative estimate of drug-likeness (QED) is 0.852. The number of amides is 1. The van der Waals surface area contributed by atoms with Gasteiger partial charge >= 0.3 is 0 Å². The van der Waals surface area contributed by atoms with E-state index in [1.165, 1.54) is 0 Å². The molecule has 1 aromatic carbocycles. The molecule has 2 rings (SSSR count). The lowest BCUT2D eigenvalue weighted by Crippen LogP contribution is -2.33. The Labute approximate surface area is 130 Å². The van der Waals surface area contributed by atoms with Gasteiger partial charge in [-0.3, -0.25) is 4.79 Å². The number of hydrogen-bond donors (Lipinski definition) is 1. The maximum atomic E-state index is 12.8. The van der Waals surface area contributed by atoms with Gasteiger partial charge in [0, 0.05) is 30.8 Å². The van der Waals surface area contributed by atoms with Gasteiger partial charge in [0.05, 0.1) is 12.2 Å². The van der Waals surface area contributed by atoms with Crippen molar-refractivity contribution in [1.82, 2.24) is 4.90 Å². The fourth-order valence-electron chi connectivity index (χ4n) is 2.28. The second kappa shape index (κ2) is 8.11. The van der Waals surface area contributed by atoms with Gasteiger partial charge in [0.1, 0.15) is 0 Å². The second-order valence-corrected chi connectivity index (χ2v) is 6.31. The summed E-state index contributed by atoms with van der Waals surface area (Å²) in [5.41, 5.74) is 2.51. The van der Waals surface area contributed by atoms with Crippen molar-refractivity contribution < 1.29 is 9.90 Å². The zero-order valence-corrected chi connectivity index (χ0v) is 13.2. The molecule has 1 amide bonds. The summed E-state index contributed by atoms with van der Waals surface area (Å²) in [6, 6.07) is 5.79. The van der Waals surface area contributed by atoms with Crippen LogP contribution in [0.3, 0.4) is 0 Å². The Bertz CT molecular complexity index is 552. The molecule has 1 aliphatic rings. The number of aliphatic hydroxyl groups excluding tert-OH is 1. The average Bonchev–Trinajstić information content (AvgIpc) is 2.77. The molecule has 0 aromatic heterocycles. The third kappa shape index (κ3) is 4.52. The Balaban J connectivity index is 2.26. The zero-order valence-electron chi connectivity index (χ0n) is 12.4. The van der Waals surface area contributed by atoms with Gasteiger partial charge in [-0.15, -0.1) is 0 Å². The number of carbonyl (C=O) groups is 1. The van der Waals surface area contributed by atoms with Gasteiger partial charge in [-0.2, -0.15) is 11.8 Å². The summed E-state index contributed by atoms with van der Waals surface area (Å²) in [6.07, 6.45) is 1.48. The highest BCUT2D eigenvalue weighted by atomic mass is 32.2. The Morgan fingerprint density at radius 3 is 3.05 bits per heavy atom. The first-order valence-electron chi connectivity index (χ1n) is 7.30. The summed E-state index contributed by atoms with van der Waals surface area (Å²) in [6.45, 7) is 3.66. The van der Waals surface area contributed by atoms with Crippen molar-refractivity contribution in [2.45, 2.75) is 19.8 Å². The Hall–Kier alpha value is -1.44. The molecule has 1 saturated heterocycles. The van der Waals surface area contributed by atoms with E-state index in [2.05, 4.69) is 11.8 Å². The molecule has 0 bridgehead atoms. The number of thioether (sulfide) groups is 1. The van der Waals surface area contributed by atoms with Gasteiger partial charge < -0.3 is 10.0 Å². The molecule has 1 heterocycles. The number of aliphatic hydroxyl groups is 1. The van der Waals surface area contributed by atoms with Crippen LogP contribution in [-0.4, -0.2) is 47.1 Å². The molecule has 4 heteroatoms. The highest BCUT2D eigenvalue weighted by molar-refractivity contribution is 7.99. The molecule has 0 unspecified atom stereocenters. The number of hydrogen-bond acceptors (Lipinski definition) is 3. The van der Waals surface area contributed by atoms with E-state index in [4.69, 9.17) is 5.11 Å². The lowest BCUT2D eigenvalue weighted by atomic mass is 10.0. The van der Waals surface area contributed by atoms with Crippen molar-refractivity contribution in [3.63, 3.8) is 0 Å². The van der Waals surface area contributed by atoms with E-state index in [0.29, 0.717) is 12.0 Å². The van der Waals surface area contributed by atoms with Gasteiger partial charge in [0.25, 0.3) is 5.91 Å². The third-order valence-corrected chi connectivity index (χ3v) is 4.42. The second-order valence-electron chi connectivity index (χ2n) is 5.08. The van der Waals surface area contributed by atoms with E-state index in [9.17, 15) is 4.79 Å². The fourth-order valence-corrected chi connectivity index (χ4v) is 3.16. The lowest BCUT2D eigenvalue weighted by molar-refractivity contribution is 0.0768. The van der Waals surface area contributed by atoms with Crippen molar-refractivity contribution in [2.24, 2.45) is 0 Å². The highest BCUT2D eigenvalue weighted by Crippen LogP contribution is 2.17. The van der Waals surface area contributed by atoms with Crippen LogP contribution in [0.1, 0.15) is 34.3 Å². The van der Waals surface area contributed by atoms with E-state index >= 15 is 0 Å². The van der Waals surface area contributed by atoms with Crippen LogP contribution in [-0.2, 0) is 0 Å². The van der Waals surface area contributed by atoms with Crippen LogP contribution >= 0.6 is 11.8 Å². The normalized spacial score (nSPS) is 15.0. The first-order valence-corrected chi connectivity index (χ1v) is 8.45. The first-order chi connectivity index (χ1) is 10.2. The molecule has 1 aromatic rings. The summed E-state index contributed by atoms with van der Waals surface area (Å²) in [5.74, 6) is 8.13. The van der Waals surface area contributed by atoms with Crippen LogP contribution in [0.4, 0.5) is 0 Å². The Morgan fingerprint density at radius 1 is 1.38 bits per heavy atom. The van der Waals surface area contributed by atoms with Crippen LogP contribution in [0.25, 0.3) is 0 Å². The SMILES string of the molecule is Cc1ccc(C#CCCO)c(C(=O)N2CCCSCC2)c1. The van der Waals surface area contributed by atoms with E-state index in [0.717, 1.165) is 42.1 Å². The summed E-state index contributed by atoms with van der Waals surface area (Å²) in [7, 11) is 0. The molecular weight excluding hydrogens is 282 g/mol. The molecule has 0 saturated carbocycles. The standard InChI is InChI=1S/C17H21NO2S/c1-14-6-7-15(5-2-3-10-19)16(13-14)17(20)18-8-4-11-21-12-9-18/h6-7,13,19H,3-4,8-12H2,1H3. The van der Waals surface area contributed by atoms with Crippen molar-refractivity contribution in [1.29, 1.82) is 0 Å². The average molecular weight is 303 g/mol. The molecule has 1 N–H and O–H groups in total. The summed E-state index contributed by atoms with van der Waals surface area (Å²) in [5, 5.41) is 8.82. The minimum Gasteiger partial charge on any atom is -0.395 e. The van der Waals surface area contributed by atoms with Gasteiger partial charge in [-0.05, 0) is 31.2 Å². The van der Waals surface area contributed by atoms with Crippen molar-refractivity contribution in [2.75, 3.05) is 31.2 Å². The number of nitrogens with zero attached hydrogens (tertiary/aromatic N) is 1. The van der Waals surface area contributed by atoms with Crippen LogP contribution in [0.5, 0.6) is 0 Å². The van der Waals surface area contributed by atoms with Gasteiger partial charge in [0.15, 0.2) is 0 Å². The predicted molar refractivity (Wildman–Crippen MR) is 87.6 cm³/mol.